The van der Waals surface area contributed by atoms with E-state index in [0.717, 1.165) is 0 Å². The van der Waals surface area contributed by atoms with Gasteiger partial charge in [-0.15, -0.1) is 0 Å². The van der Waals surface area contributed by atoms with Crippen molar-refractivity contribution < 1.29 is 13.9 Å². The van der Waals surface area contributed by atoms with Gasteiger partial charge in [-0.25, -0.2) is 0 Å². The van der Waals surface area contributed by atoms with Gasteiger partial charge in [0.05, 0.1) is 23.9 Å². The van der Waals surface area contributed by atoms with Crippen molar-refractivity contribution >= 4 is 28.4 Å². The number of Topliss-reactive ketones (excluding diaryl/α,β-unsaturated/α-hetero) is 1. The van der Waals surface area contributed by atoms with Crippen LogP contribution in [-0.2, 0) is 6.42 Å². The van der Waals surface area contributed by atoms with Gasteiger partial charge < -0.3 is 9.15 Å². The molecule has 1 heterocycles. The van der Waals surface area contributed by atoms with Crippen molar-refractivity contribution in [2.45, 2.75) is 6.42 Å². The minimum atomic E-state index is -0.244. The van der Waals surface area contributed by atoms with Crippen molar-refractivity contribution in [2.75, 3.05) is 7.11 Å². The minimum absolute atomic E-state index is 0.0140. The second kappa shape index (κ2) is 6.26. The van der Waals surface area contributed by atoms with Gasteiger partial charge in [-0.05, 0) is 6.07 Å². The van der Waals surface area contributed by atoms with Crippen molar-refractivity contribution in [1.82, 2.24) is 0 Å². The predicted molar refractivity (Wildman–Crippen MR) is 88.5 cm³/mol. The van der Waals surface area contributed by atoms with Crippen LogP contribution in [0, 0.1) is 0 Å². The summed E-state index contributed by atoms with van der Waals surface area (Å²) >= 11 is 6.02. The maximum Gasteiger partial charge on any atom is 0.193 e. The number of rotatable bonds is 4. The van der Waals surface area contributed by atoms with Gasteiger partial charge in [0.1, 0.15) is 17.1 Å². The topological polar surface area (TPSA) is 56.5 Å². The Bertz CT molecular complexity index is 929. The summed E-state index contributed by atoms with van der Waals surface area (Å²) in [5, 5.41) is 0.687. The first-order chi connectivity index (χ1) is 11.1. The molecular formula is C18H13ClO4. The normalized spacial score (nSPS) is 10.7. The number of fused-ring (bicyclic) bond motifs is 1. The van der Waals surface area contributed by atoms with Crippen LogP contribution in [0.3, 0.4) is 0 Å². The van der Waals surface area contributed by atoms with Crippen LogP contribution >= 0.6 is 11.6 Å². The molecule has 0 aliphatic rings. The molecule has 5 heteroatoms. The van der Waals surface area contributed by atoms with E-state index in [2.05, 4.69) is 0 Å². The zero-order chi connectivity index (χ0) is 16.4. The summed E-state index contributed by atoms with van der Waals surface area (Å²) < 4.78 is 10.8. The fraction of sp³-hybridized carbons (Fsp3) is 0.111. The molecule has 0 N–H and O–H groups in total. The molecule has 23 heavy (non-hydrogen) atoms. The molecule has 0 saturated heterocycles. The van der Waals surface area contributed by atoms with E-state index in [1.165, 1.54) is 19.2 Å². The van der Waals surface area contributed by atoms with E-state index >= 15 is 0 Å². The number of hydrogen-bond donors (Lipinski definition) is 0. The molecule has 0 bridgehead atoms. The summed E-state index contributed by atoms with van der Waals surface area (Å²) in [5.74, 6) is 0.601. The number of ether oxygens (including phenoxy) is 1. The molecule has 0 aliphatic carbocycles. The zero-order valence-electron chi connectivity index (χ0n) is 12.3. The van der Waals surface area contributed by atoms with Crippen molar-refractivity contribution in [3.05, 3.63) is 75.1 Å². The second-order valence-electron chi connectivity index (χ2n) is 5.03. The molecule has 116 valence electrons. The van der Waals surface area contributed by atoms with E-state index in [1.54, 1.807) is 30.3 Å². The van der Waals surface area contributed by atoms with E-state index in [9.17, 15) is 9.59 Å². The molecule has 0 saturated carbocycles. The summed E-state index contributed by atoms with van der Waals surface area (Å²) in [6.07, 6.45) is 0.0140. The molecule has 0 unspecified atom stereocenters. The smallest absolute Gasteiger partial charge is 0.193 e. The van der Waals surface area contributed by atoms with E-state index in [4.69, 9.17) is 20.8 Å². The van der Waals surface area contributed by atoms with Crippen molar-refractivity contribution in [3.8, 4) is 5.75 Å². The Hall–Kier alpha value is -2.59. The van der Waals surface area contributed by atoms with Gasteiger partial charge in [-0.3, -0.25) is 9.59 Å². The van der Waals surface area contributed by atoms with Crippen LogP contribution < -0.4 is 10.2 Å². The highest BCUT2D eigenvalue weighted by Gasteiger charge is 2.13. The number of hydrogen-bond acceptors (Lipinski definition) is 4. The lowest BCUT2D eigenvalue weighted by Crippen LogP contribution is -2.08. The number of halogens is 1. The van der Waals surface area contributed by atoms with E-state index in [0.29, 0.717) is 33.1 Å². The van der Waals surface area contributed by atoms with Crippen LogP contribution in [0.25, 0.3) is 11.0 Å². The summed E-state index contributed by atoms with van der Waals surface area (Å²) in [5.41, 5.74) is 0.671. The minimum Gasteiger partial charge on any atom is -0.495 e. The number of ketones is 1. The first-order valence-electron chi connectivity index (χ1n) is 6.97. The summed E-state index contributed by atoms with van der Waals surface area (Å²) in [7, 11) is 1.48. The Morgan fingerprint density at radius 3 is 2.61 bits per heavy atom. The largest absolute Gasteiger partial charge is 0.495 e. The molecule has 0 amide bonds. The van der Waals surface area contributed by atoms with E-state index in [1.807, 2.05) is 6.07 Å². The third kappa shape index (κ3) is 3.12. The highest BCUT2D eigenvalue weighted by atomic mass is 35.5. The van der Waals surface area contributed by atoms with Crippen LogP contribution in [0.2, 0.25) is 5.02 Å². The first kappa shape index (κ1) is 15.3. The van der Waals surface area contributed by atoms with Gasteiger partial charge in [0.2, 0.25) is 0 Å². The van der Waals surface area contributed by atoms with E-state index < -0.39 is 0 Å². The molecule has 0 aliphatic heterocycles. The average Bonchev–Trinajstić information content (AvgIpc) is 2.56. The van der Waals surface area contributed by atoms with Crippen LogP contribution in [-0.4, -0.2) is 12.9 Å². The van der Waals surface area contributed by atoms with Gasteiger partial charge in [0, 0.05) is 17.7 Å². The van der Waals surface area contributed by atoms with Gasteiger partial charge in [-0.2, -0.15) is 0 Å². The Labute approximate surface area is 137 Å². The molecule has 3 rings (SSSR count). The Balaban J connectivity index is 2.01. The van der Waals surface area contributed by atoms with Crippen molar-refractivity contribution in [2.24, 2.45) is 0 Å². The zero-order valence-corrected chi connectivity index (χ0v) is 13.1. The highest BCUT2D eigenvalue weighted by Crippen LogP contribution is 2.29. The number of carbonyl (C=O) groups excluding carboxylic acids is 1. The molecule has 0 radical (unpaired) electrons. The molecule has 0 fully saturated rings. The standard InChI is InChI=1S/C18H13ClO4/c1-22-18-10-17-13(9-14(18)19)16(21)8-12(23-17)7-15(20)11-5-3-2-4-6-11/h2-6,8-10H,7H2,1H3. The fourth-order valence-electron chi connectivity index (χ4n) is 2.33. The molecule has 4 nitrogen and oxygen atoms in total. The molecular weight excluding hydrogens is 316 g/mol. The number of methoxy groups -OCH3 is 1. The Morgan fingerprint density at radius 1 is 1.17 bits per heavy atom. The number of benzene rings is 2. The molecule has 3 aromatic rings. The lowest BCUT2D eigenvalue weighted by molar-refractivity contribution is 0.0987. The lowest BCUT2D eigenvalue weighted by atomic mass is 10.1. The SMILES string of the molecule is COc1cc2oc(CC(=O)c3ccccc3)cc(=O)c2cc1Cl. The summed E-state index contributed by atoms with van der Waals surface area (Å²) in [6, 6.07) is 13.2. The van der Waals surface area contributed by atoms with Crippen molar-refractivity contribution in [1.29, 1.82) is 0 Å². The lowest BCUT2D eigenvalue weighted by Gasteiger charge is -2.06. The van der Waals surface area contributed by atoms with Crippen LogP contribution in [0.15, 0.2) is 57.7 Å². The van der Waals surface area contributed by atoms with Crippen LogP contribution in [0.5, 0.6) is 5.75 Å². The van der Waals surface area contributed by atoms with Gasteiger partial charge >= 0.3 is 0 Å². The fourth-order valence-corrected chi connectivity index (χ4v) is 2.58. The Morgan fingerprint density at radius 2 is 1.91 bits per heavy atom. The average molecular weight is 329 g/mol. The molecule has 0 spiro atoms. The second-order valence-corrected chi connectivity index (χ2v) is 5.43. The third-order valence-corrected chi connectivity index (χ3v) is 3.78. The summed E-state index contributed by atoms with van der Waals surface area (Å²) in [4.78, 5) is 24.4. The maximum absolute atomic E-state index is 12.2. The quantitative estimate of drug-likeness (QED) is 0.682. The Kier molecular flexibility index (Phi) is 4.17. The van der Waals surface area contributed by atoms with Gasteiger partial charge in [-0.1, -0.05) is 41.9 Å². The van der Waals surface area contributed by atoms with Crippen molar-refractivity contribution in [3.63, 3.8) is 0 Å². The number of carbonyl (C=O) groups is 1. The summed E-state index contributed by atoms with van der Waals surface area (Å²) in [6.45, 7) is 0. The predicted octanol–water partition coefficient (Wildman–Crippen LogP) is 3.88. The van der Waals surface area contributed by atoms with E-state index in [-0.39, 0.29) is 17.6 Å². The van der Waals surface area contributed by atoms with Crippen LogP contribution in [0.1, 0.15) is 16.1 Å². The third-order valence-electron chi connectivity index (χ3n) is 3.48. The molecule has 0 atom stereocenters. The highest BCUT2D eigenvalue weighted by molar-refractivity contribution is 6.32. The van der Waals surface area contributed by atoms with Gasteiger partial charge in [0.25, 0.3) is 0 Å². The van der Waals surface area contributed by atoms with Gasteiger partial charge in [0.15, 0.2) is 11.2 Å². The first-order valence-corrected chi connectivity index (χ1v) is 7.35. The molecule has 1 aromatic heterocycles. The monoisotopic (exact) mass is 328 g/mol. The maximum atomic E-state index is 12.2. The van der Waals surface area contributed by atoms with Crippen LogP contribution in [0.4, 0.5) is 0 Å². The molecule has 2 aromatic carbocycles.